The molecule has 3 aromatic carbocycles. The third kappa shape index (κ3) is 9.12. The minimum absolute atomic E-state index is 0.00469. The number of phenols is 1. The van der Waals surface area contributed by atoms with Crippen LogP contribution in [0.25, 0.3) is 0 Å². The highest BCUT2D eigenvalue weighted by atomic mass is 16.5. The summed E-state index contributed by atoms with van der Waals surface area (Å²) < 4.78 is 12.6. The number of amides is 3. The number of allylic oxidation sites excluding steroid dienone is 1. The van der Waals surface area contributed by atoms with Crippen LogP contribution < -0.4 is 25.6 Å². The van der Waals surface area contributed by atoms with Crippen LogP contribution in [0, 0.1) is 10.8 Å². The minimum Gasteiger partial charge on any atom is -0.507 e. The van der Waals surface area contributed by atoms with Crippen LogP contribution in [0.5, 0.6) is 11.5 Å². The average molecular weight is 858 g/mol. The molecule has 0 aromatic heterocycles. The van der Waals surface area contributed by atoms with E-state index in [2.05, 4.69) is 55.2 Å². The van der Waals surface area contributed by atoms with Gasteiger partial charge in [0.15, 0.2) is 0 Å². The standard InChI is InChI=1S/C48H59N9O6/c49-40(39-8-1-2-12-44(39)58)25-43(47(50)51)55-26-33-29-62-30-34(27-55)57(33)32-6-3-7-36(24-32)63-35-17-22-54(23-18-35)46(60)28-53-20-15-31(16-21-53)37-9-4-11-41-38(37)10-5-19-56(41)42-13-14-45(59)52-48(42)61/h1-4,6-9,11-12,24-25,31,33-35,42,49,58H,5,10,13-23,26-30H2,(H3,50,51)(H,52,59,61)/b43-25+,49-40?/t33-,34-,42?/m1/s1. The number of nitrogens with one attached hydrogen (secondary N) is 3. The number of rotatable bonds is 11. The number of carbonyl (C=O) groups is 3. The molecule has 0 radical (unpaired) electrons. The second-order valence-electron chi connectivity index (χ2n) is 17.9. The Morgan fingerprint density at radius 2 is 1.62 bits per heavy atom. The van der Waals surface area contributed by atoms with Crippen LogP contribution in [0.15, 0.2) is 78.5 Å². The highest BCUT2D eigenvalue weighted by molar-refractivity contribution is 6.12. The Morgan fingerprint density at radius 1 is 0.873 bits per heavy atom. The number of ether oxygens (including phenoxy) is 2. The predicted octanol–water partition coefficient (Wildman–Crippen LogP) is 3.98. The van der Waals surface area contributed by atoms with Crippen LogP contribution in [0.1, 0.15) is 67.6 Å². The van der Waals surface area contributed by atoms with Gasteiger partial charge in [-0.1, -0.05) is 30.3 Å². The molecule has 0 spiro atoms. The van der Waals surface area contributed by atoms with Gasteiger partial charge in [-0.2, -0.15) is 0 Å². The van der Waals surface area contributed by atoms with Gasteiger partial charge in [-0.25, -0.2) is 0 Å². The number of fused-ring (bicyclic) bond motifs is 3. The lowest BCUT2D eigenvalue weighted by molar-refractivity contribution is -0.135. The molecule has 15 nitrogen and oxygen atoms in total. The number of hydrogen-bond acceptors (Lipinski definition) is 12. The molecule has 15 heteroatoms. The number of hydrogen-bond donors (Lipinski definition) is 5. The molecule has 6 aliphatic rings. The van der Waals surface area contributed by atoms with Crippen LogP contribution in [0.2, 0.25) is 0 Å². The van der Waals surface area contributed by atoms with Crippen molar-refractivity contribution in [2.75, 3.05) is 75.4 Å². The third-order valence-electron chi connectivity index (χ3n) is 13.9. The number of nitrogens with zero attached hydrogens (tertiary/aromatic N) is 5. The number of likely N-dealkylation sites (tertiary alicyclic amines) is 2. The first-order chi connectivity index (χ1) is 30.6. The van der Waals surface area contributed by atoms with Crippen molar-refractivity contribution in [1.29, 1.82) is 10.8 Å². The largest absolute Gasteiger partial charge is 0.507 e. The Bertz CT molecular complexity index is 2250. The Kier molecular flexibility index (Phi) is 12.4. The molecule has 63 heavy (non-hydrogen) atoms. The monoisotopic (exact) mass is 857 g/mol. The summed E-state index contributed by atoms with van der Waals surface area (Å²) in [5.74, 6) is 0.895. The summed E-state index contributed by atoms with van der Waals surface area (Å²) in [6.45, 7) is 6.42. The Balaban J connectivity index is 0.757. The number of morpholine rings is 1. The maximum absolute atomic E-state index is 13.6. The Hall–Kier alpha value is -5.93. The zero-order valence-corrected chi connectivity index (χ0v) is 35.8. The van der Waals surface area contributed by atoms with Crippen molar-refractivity contribution in [2.24, 2.45) is 5.73 Å². The molecular weight excluding hydrogens is 799 g/mol. The zero-order chi connectivity index (χ0) is 43.6. The fourth-order valence-electron chi connectivity index (χ4n) is 10.7. The molecule has 1 unspecified atom stereocenters. The molecule has 332 valence electrons. The van der Waals surface area contributed by atoms with Gasteiger partial charge >= 0.3 is 0 Å². The molecule has 3 atom stereocenters. The smallest absolute Gasteiger partial charge is 0.249 e. The van der Waals surface area contributed by atoms with Crippen molar-refractivity contribution in [1.82, 2.24) is 20.0 Å². The van der Waals surface area contributed by atoms with Crippen molar-refractivity contribution in [2.45, 2.75) is 81.5 Å². The molecule has 5 saturated heterocycles. The number of aromatic hydroxyl groups is 1. The lowest BCUT2D eigenvalue weighted by Crippen LogP contribution is -2.65. The lowest BCUT2D eigenvalue weighted by atomic mass is 9.83. The second-order valence-corrected chi connectivity index (χ2v) is 17.9. The van der Waals surface area contributed by atoms with Crippen LogP contribution in [0.4, 0.5) is 11.4 Å². The van der Waals surface area contributed by atoms with Gasteiger partial charge in [0.1, 0.15) is 29.5 Å². The summed E-state index contributed by atoms with van der Waals surface area (Å²) in [7, 11) is 0. The Labute approximate surface area is 368 Å². The van der Waals surface area contributed by atoms with Gasteiger partial charge in [0.2, 0.25) is 17.7 Å². The summed E-state index contributed by atoms with van der Waals surface area (Å²) >= 11 is 0. The molecule has 6 heterocycles. The fraction of sp³-hybridized carbons (Fsp3) is 0.479. The summed E-state index contributed by atoms with van der Waals surface area (Å²) in [5, 5.41) is 29.9. The number of para-hydroxylation sites is 1. The van der Waals surface area contributed by atoms with Crippen LogP contribution in [0.3, 0.4) is 0 Å². The first kappa shape index (κ1) is 42.4. The van der Waals surface area contributed by atoms with Gasteiger partial charge in [0, 0.05) is 75.0 Å². The number of anilines is 2. The third-order valence-corrected chi connectivity index (χ3v) is 13.9. The van der Waals surface area contributed by atoms with Gasteiger partial charge in [0.05, 0.1) is 43.3 Å². The normalized spacial score (nSPS) is 23.9. The predicted molar refractivity (Wildman–Crippen MR) is 241 cm³/mol. The van der Waals surface area contributed by atoms with E-state index in [0.29, 0.717) is 76.0 Å². The molecule has 3 amide bonds. The Morgan fingerprint density at radius 3 is 2.35 bits per heavy atom. The number of piperazine rings is 1. The van der Waals surface area contributed by atoms with Gasteiger partial charge in [-0.05, 0) is 98.6 Å². The summed E-state index contributed by atoms with van der Waals surface area (Å²) in [6.07, 6.45) is 8.00. The van der Waals surface area contributed by atoms with E-state index >= 15 is 0 Å². The molecule has 6 aliphatic heterocycles. The van der Waals surface area contributed by atoms with Crippen molar-refractivity contribution in [3.8, 4) is 11.5 Å². The van der Waals surface area contributed by atoms with Gasteiger partial charge in [0.25, 0.3) is 0 Å². The van der Waals surface area contributed by atoms with E-state index < -0.39 is 0 Å². The van der Waals surface area contributed by atoms with Crippen LogP contribution in [-0.4, -0.2) is 139 Å². The minimum atomic E-state index is -0.303. The van der Waals surface area contributed by atoms with E-state index in [1.54, 1.807) is 30.3 Å². The van der Waals surface area contributed by atoms with Crippen LogP contribution >= 0.6 is 0 Å². The van der Waals surface area contributed by atoms with E-state index in [1.807, 2.05) is 17.0 Å². The molecule has 3 aromatic rings. The number of phenolic OH excluding ortho intramolecular Hbond substituents is 1. The molecule has 0 aliphatic carbocycles. The summed E-state index contributed by atoms with van der Waals surface area (Å²) in [4.78, 5) is 49.1. The lowest BCUT2D eigenvalue weighted by Gasteiger charge is -2.52. The van der Waals surface area contributed by atoms with Gasteiger partial charge in [-0.15, -0.1) is 0 Å². The quantitative estimate of drug-likeness (QED) is 0.107. The van der Waals surface area contributed by atoms with E-state index in [4.69, 9.17) is 26.0 Å². The first-order valence-electron chi connectivity index (χ1n) is 22.6. The number of carbonyl (C=O) groups excluding carboxylic acids is 3. The molecule has 5 fully saturated rings. The fourth-order valence-corrected chi connectivity index (χ4v) is 10.7. The SMILES string of the molecule is N=C(N)/C(=C\C(=N)c1ccccc1O)N1C[C@@H]2COC[C@@H](C1)N2c1cccc(OC2CCN(C(=O)CN3CCC(c4cccc5c4CCCN5C4CCC(=O)NC4=O)CC3)CC2)c1. The highest BCUT2D eigenvalue weighted by Gasteiger charge is 2.40. The van der Waals surface area contributed by atoms with Crippen LogP contribution in [-0.2, 0) is 25.5 Å². The maximum atomic E-state index is 13.6. The van der Waals surface area contributed by atoms with Crippen molar-refractivity contribution < 1.29 is 29.0 Å². The van der Waals surface area contributed by atoms with Crippen molar-refractivity contribution in [3.05, 3.63) is 95.2 Å². The molecule has 9 rings (SSSR count). The van der Waals surface area contributed by atoms with Crippen molar-refractivity contribution >= 4 is 40.6 Å². The van der Waals surface area contributed by atoms with Gasteiger partial charge < -0.3 is 45.3 Å². The first-order valence-corrected chi connectivity index (χ1v) is 22.6. The maximum Gasteiger partial charge on any atom is 0.249 e. The summed E-state index contributed by atoms with van der Waals surface area (Å²) in [5.41, 5.74) is 11.9. The van der Waals surface area contributed by atoms with Gasteiger partial charge in [-0.3, -0.25) is 30.0 Å². The zero-order valence-electron chi connectivity index (χ0n) is 35.8. The highest BCUT2D eigenvalue weighted by Crippen LogP contribution is 2.39. The number of benzene rings is 3. The molecule has 2 bridgehead atoms. The van der Waals surface area contributed by atoms with E-state index in [0.717, 1.165) is 75.3 Å². The molecule has 6 N–H and O–H groups in total. The topological polar surface area (TPSA) is 192 Å². The van der Waals surface area contributed by atoms with E-state index in [9.17, 15) is 19.5 Å². The number of amidine groups is 1. The molecular formula is C48H59N9O6. The number of piperidine rings is 3. The summed E-state index contributed by atoms with van der Waals surface area (Å²) in [6, 6.07) is 21.1. The van der Waals surface area contributed by atoms with E-state index in [1.165, 1.54) is 11.1 Å². The molecule has 0 saturated carbocycles. The van der Waals surface area contributed by atoms with Crippen molar-refractivity contribution in [3.63, 3.8) is 0 Å². The average Bonchev–Trinajstić information content (AvgIpc) is 3.28. The number of imide groups is 1. The number of nitrogens with two attached hydrogens (primary N) is 1. The van der Waals surface area contributed by atoms with E-state index in [-0.39, 0.29) is 59.2 Å². The second kappa shape index (κ2) is 18.4.